The fourth-order valence-corrected chi connectivity index (χ4v) is 3.33. The molecule has 1 unspecified atom stereocenters. The summed E-state index contributed by atoms with van der Waals surface area (Å²) < 4.78 is 1.46. The van der Waals surface area contributed by atoms with Crippen LogP contribution in [-0.4, -0.2) is 31.3 Å². The third-order valence-electron chi connectivity index (χ3n) is 4.50. The maximum absolute atomic E-state index is 12.0. The number of benzene rings is 2. The van der Waals surface area contributed by atoms with Crippen molar-refractivity contribution in [3.8, 4) is 17.2 Å². The molecule has 8 heteroatoms. The average molecular weight is 358 g/mol. The summed E-state index contributed by atoms with van der Waals surface area (Å²) in [6, 6.07) is 16.1. The summed E-state index contributed by atoms with van der Waals surface area (Å²) in [6.45, 7) is 1.69. The van der Waals surface area contributed by atoms with E-state index in [9.17, 15) is 15.2 Å². The lowest BCUT2D eigenvalue weighted by molar-refractivity contribution is -0.133. The quantitative estimate of drug-likeness (QED) is 0.739. The van der Waals surface area contributed by atoms with Gasteiger partial charge >= 0.3 is 5.97 Å². The monoisotopic (exact) mass is 358 g/mol. The molecule has 4 rings (SSSR count). The van der Waals surface area contributed by atoms with E-state index in [1.54, 1.807) is 25.1 Å². The molecule has 0 spiro atoms. The molecule has 1 aliphatic heterocycles. The zero-order valence-electron chi connectivity index (χ0n) is 14.3. The van der Waals surface area contributed by atoms with Gasteiger partial charge in [-0.2, -0.15) is 9.94 Å². The number of tetrazole rings is 1. The summed E-state index contributed by atoms with van der Waals surface area (Å²) in [5, 5.41) is 33.6. The Morgan fingerprint density at radius 3 is 2.85 bits per heavy atom. The fourth-order valence-electron chi connectivity index (χ4n) is 3.33. The van der Waals surface area contributed by atoms with Crippen LogP contribution >= 0.6 is 0 Å². The number of rotatable bonds is 3. The van der Waals surface area contributed by atoms with E-state index in [0.717, 1.165) is 16.7 Å². The second kappa shape index (κ2) is 6.38. The van der Waals surface area contributed by atoms with E-state index < -0.39 is 12.0 Å². The molecule has 0 bridgehead atoms. The van der Waals surface area contributed by atoms with E-state index in [1.807, 2.05) is 30.3 Å². The summed E-state index contributed by atoms with van der Waals surface area (Å²) >= 11 is 0. The number of fused-ring (bicyclic) bond motifs is 1. The Hall–Kier alpha value is -3.99. The molecular weight excluding hydrogens is 344 g/mol. The number of aliphatic carboxylic acids is 1. The van der Waals surface area contributed by atoms with Crippen molar-refractivity contribution in [2.24, 2.45) is 0 Å². The van der Waals surface area contributed by atoms with Crippen molar-refractivity contribution in [3.05, 3.63) is 70.9 Å². The van der Waals surface area contributed by atoms with Crippen LogP contribution in [-0.2, 0) is 4.79 Å². The van der Waals surface area contributed by atoms with Crippen LogP contribution in [0.1, 0.15) is 24.1 Å². The highest BCUT2D eigenvalue weighted by Gasteiger charge is 2.35. The Labute approximate surface area is 154 Å². The fraction of sp³-hybridized carbons (Fsp3) is 0.105. The van der Waals surface area contributed by atoms with E-state index in [1.165, 1.54) is 4.68 Å². The van der Waals surface area contributed by atoms with Crippen molar-refractivity contribution >= 4 is 11.9 Å². The first-order valence-corrected chi connectivity index (χ1v) is 8.18. The van der Waals surface area contributed by atoms with Crippen LogP contribution in [0.3, 0.4) is 0 Å². The van der Waals surface area contributed by atoms with Gasteiger partial charge in [-0.3, -0.25) is 0 Å². The SMILES string of the molecule is CC1=C(C(=O)O)C(c2ccccc2-c2cccc(C#N)c2)n2nnnc2N1. The molecule has 8 nitrogen and oxygen atoms in total. The summed E-state index contributed by atoms with van der Waals surface area (Å²) in [7, 11) is 0. The van der Waals surface area contributed by atoms with Gasteiger partial charge in [0, 0.05) is 5.70 Å². The number of hydrogen-bond donors (Lipinski definition) is 2. The van der Waals surface area contributed by atoms with E-state index in [2.05, 4.69) is 26.9 Å². The molecule has 1 aliphatic rings. The molecule has 132 valence electrons. The number of allylic oxidation sites excluding steroid dienone is 1. The molecule has 0 fully saturated rings. The molecule has 0 saturated carbocycles. The Balaban J connectivity index is 1.96. The van der Waals surface area contributed by atoms with Gasteiger partial charge in [-0.05, 0) is 46.2 Å². The molecule has 0 radical (unpaired) electrons. The summed E-state index contributed by atoms with van der Waals surface area (Å²) in [5.74, 6) is -0.671. The molecule has 1 aromatic heterocycles. The van der Waals surface area contributed by atoms with Crippen molar-refractivity contribution in [1.82, 2.24) is 20.2 Å². The highest BCUT2D eigenvalue weighted by atomic mass is 16.4. The number of anilines is 1. The van der Waals surface area contributed by atoms with Crippen molar-refractivity contribution < 1.29 is 9.90 Å². The van der Waals surface area contributed by atoms with Gasteiger partial charge in [0.1, 0.15) is 6.04 Å². The number of nitriles is 1. The highest BCUT2D eigenvalue weighted by molar-refractivity contribution is 5.91. The van der Waals surface area contributed by atoms with Crippen LogP contribution in [0.4, 0.5) is 5.95 Å². The topological polar surface area (TPSA) is 117 Å². The first kappa shape index (κ1) is 16.5. The number of carbonyl (C=O) groups is 1. The molecule has 1 atom stereocenters. The van der Waals surface area contributed by atoms with Crippen molar-refractivity contribution in [2.75, 3.05) is 5.32 Å². The zero-order valence-corrected chi connectivity index (χ0v) is 14.3. The maximum Gasteiger partial charge on any atom is 0.335 e. The Bertz CT molecular complexity index is 1120. The number of hydrogen-bond acceptors (Lipinski definition) is 6. The van der Waals surface area contributed by atoms with Crippen LogP contribution in [0.25, 0.3) is 11.1 Å². The molecule has 0 aliphatic carbocycles. The Morgan fingerprint density at radius 2 is 2.07 bits per heavy atom. The van der Waals surface area contributed by atoms with Crippen LogP contribution in [0.15, 0.2) is 59.8 Å². The molecular formula is C19H14N6O2. The van der Waals surface area contributed by atoms with Crippen molar-refractivity contribution in [1.29, 1.82) is 5.26 Å². The first-order valence-electron chi connectivity index (χ1n) is 8.18. The number of carboxylic acid groups (broad SMARTS) is 1. The number of nitrogens with zero attached hydrogens (tertiary/aromatic N) is 5. The summed E-state index contributed by atoms with van der Waals surface area (Å²) in [4.78, 5) is 12.0. The van der Waals surface area contributed by atoms with Crippen molar-refractivity contribution in [3.63, 3.8) is 0 Å². The van der Waals surface area contributed by atoms with Gasteiger partial charge in [0.05, 0.1) is 17.2 Å². The van der Waals surface area contributed by atoms with Crippen LogP contribution < -0.4 is 5.32 Å². The molecule has 3 aromatic rings. The van der Waals surface area contributed by atoms with Crippen LogP contribution in [0.2, 0.25) is 0 Å². The third kappa shape index (κ3) is 2.71. The minimum absolute atomic E-state index is 0.165. The number of aromatic nitrogens is 4. The minimum Gasteiger partial charge on any atom is -0.478 e. The van der Waals surface area contributed by atoms with Gasteiger partial charge in [-0.15, -0.1) is 0 Å². The van der Waals surface area contributed by atoms with Crippen molar-refractivity contribution in [2.45, 2.75) is 13.0 Å². The second-order valence-electron chi connectivity index (χ2n) is 6.10. The lowest BCUT2D eigenvalue weighted by Gasteiger charge is -2.27. The molecule has 2 heterocycles. The maximum atomic E-state index is 12.0. The normalized spacial score (nSPS) is 15.6. The van der Waals surface area contributed by atoms with Gasteiger partial charge in [-0.1, -0.05) is 41.5 Å². The van der Waals surface area contributed by atoms with Gasteiger partial charge in [0.15, 0.2) is 0 Å². The van der Waals surface area contributed by atoms with Gasteiger partial charge < -0.3 is 10.4 Å². The molecule has 0 amide bonds. The molecule has 2 N–H and O–H groups in total. The lowest BCUT2D eigenvalue weighted by atomic mass is 9.89. The lowest BCUT2D eigenvalue weighted by Crippen LogP contribution is -2.29. The second-order valence-corrected chi connectivity index (χ2v) is 6.10. The highest BCUT2D eigenvalue weighted by Crippen LogP contribution is 2.39. The van der Waals surface area contributed by atoms with E-state index in [-0.39, 0.29) is 5.57 Å². The van der Waals surface area contributed by atoms with Crippen LogP contribution in [0, 0.1) is 11.3 Å². The molecule has 2 aromatic carbocycles. The summed E-state index contributed by atoms with van der Waals surface area (Å²) in [5.41, 5.74) is 3.55. The van der Waals surface area contributed by atoms with E-state index in [4.69, 9.17) is 0 Å². The largest absolute Gasteiger partial charge is 0.478 e. The van der Waals surface area contributed by atoms with Crippen LogP contribution in [0.5, 0.6) is 0 Å². The van der Waals surface area contributed by atoms with Gasteiger partial charge in [0.2, 0.25) is 5.95 Å². The first-order chi connectivity index (χ1) is 13.1. The standard InChI is InChI=1S/C19H14N6O2/c1-11-16(18(26)27)17(25-19(21-11)22-23-24-25)15-8-3-2-7-14(15)13-6-4-5-12(9-13)10-20/h2-9,17H,1H3,(H,26,27)(H,21,22,24). The predicted molar refractivity (Wildman–Crippen MR) is 96.5 cm³/mol. The number of carboxylic acids is 1. The van der Waals surface area contributed by atoms with E-state index >= 15 is 0 Å². The van der Waals surface area contributed by atoms with E-state index in [0.29, 0.717) is 17.2 Å². The Kier molecular flexibility index (Phi) is 3.90. The minimum atomic E-state index is -1.05. The zero-order chi connectivity index (χ0) is 19.0. The third-order valence-corrected chi connectivity index (χ3v) is 4.50. The average Bonchev–Trinajstić information content (AvgIpc) is 3.14. The van der Waals surface area contributed by atoms with Gasteiger partial charge in [0.25, 0.3) is 0 Å². The molecule has 0 saturated heterocycles. The number of nitrogens with one attached hydrogen (secondary N) is 1. The Morgan fingerprint density at radius 1 is 1.26 bits per heavy atom. The predicted octanol–water partition coefficient (Wildman–Crippen LogP) is 2.59. The smallest absolute Gasteiger partial charge is 0.335 e. The van der Waals surface area contributed by atoms with Gasteiger partial charge in [-0.25, -0.2) is 4.79 Å². The molecule has 27 heavy (non-hydrogen) atoms. The summed E-state index contributed by atoms with van der Waals surface area (Å²) in [6.07, 6.45) is 0.